The molecule has 0 bridgehead atoms. The molecule has 4 aromatic rings. The zero-order chi connectivity index (χ0) is 40.5. The fourth-order valence-electron chi connectivity index (χ4n) is 7.45. The first-order valence-corrected chi connectivity index (χ1v) is 21.8. The molecule has 0 fully saturated rings. The quantitative estimate of drug-likeness (QED) is 0.0530. The molecule has 5 heteroatoms. The van der Waals surface area contributed by atoms with Crippen LogP contribution in [-0.2, 0) is 42.5 Å². The second kappa shape index (κ2) is 28.7. The van der Waals surface area contributed by atoms with Gasteiger partial charge in [-0.05, 0) is 112 Å². The molecule has 0 saturated heterocycles. The Morgan fingerprint density at radius 2 is 0.825 bits per heavy atom. The van der Waals surface area contributed by atoms with E-state index in [9.17, 15) is 5.53 Å². The van der Waals surface area contributed by atoms with Crippen molar-refractivity contribution in [3.8, 4) is 0 Å². The standard InChI is InChI=1S/C38H56N2.2C7H8O.Ni/c1-7-11-15-16-17-18-22-36-35(21-14-10-4)37(33-24-29(5)23-30(6)25-33)40(39)38(36)34-27-31(19-12-8-2)26-32(28-34)20-13-9-3;2*8-6-7-4-2-1-3-5-7;/h23-28H,7-22H2,1-6H3;2*1-5,8H,6H2;. The number of nitrogens with zero attached hydrogens (tertiary/aromatic N) is 2. The summed E-state index contributed by atoms with van der Waals surface area (Å²) in [4.78, 5) is 0. The van der Waals surface area contributed by atoms with Crippen LogP contribution >= 0.6 is 0 Å². The Morgan fingerprint density at radius 3 is 1.25 bits per heavy atom. The molecular formula is C52H72N2NiO2. The maximum absolute atomic E-state index is 12.1. The molecule has 0 spiro atoms. The van der Waals surface area contributed by atoms with Crippen LogP contribution < -0.4 is 0 Å². The van der Waals surface area contributed by atoms with Crippen molar-refractivity contribution in [1.29, 1.82) is 0 Å². The third-order valence-electron chi connectivity index (χ3n) is 10.4. The van der Waals surface area contributed by atoms with Gasteiger partial charge in [0.25, 0.3) is 0 Å². The van der Waals surface area contributed by atoms with E-state index in [1.807, 2.05) is 60.7 Å². The Labute approximate surface area is 357 Å². The SMILES string of the molecule is CCCCCCCCC1=C(c2cc(CCCC)cc(CCCC)c2)[N+](=[N-])C(c2cc(C)cc(C)c2)=C1CCCC.OCc1ccccc1.OCc1ccccc1.[Ni]. The van der Waals surface area contributed by atoms with Crippen molar-refractivity contribution in [3.05, 3.63) is 158 Å². The van der Waals surface area contributed by atoms with Gasteiger partial charge in [-0.3, -0.25) is 0 Å². The minimum atomic E-state index is 0. The second-order valence-corrected chi connectivity index (χ2v) is 15.5. The summed E-state index contributed by atoms with van der Waals surface area (Å²) in [6.45, 7) is 13.7. The first-order valence-electron chi connectivity index (χ1n) is 21.8. The number of unbranched alkanes of at least 4 members (excludes halogenated alkanes) is 8. The van der Waals surface area contributed by atoms with Crippen LogP contribution in [0.25, 0.3) is 16.9 Å². The first kappa shape index (κ1) is 49.5. The van der Waals surface area contributed by atoms with Crippen molar-refractivity contribution in [2.24, 2.45) is 0 Å². The van der Waals surface area contributed by atoms with Crippen LogP contribution in [0.2, 0.25) is 0 Å². The van der Waals surface area contributed by atoms with Gasteiger partial charge in [0.05, 0.1) is 13.2 Å². The van der Waals surface area contributed by atoms with Crippen LogP contribution in [0.15, 0.2) is 108 Å². The van der Waals surface area contributed by atoms with E-state index in [2.05, 4.69) is 77.9 Å². The molecule has 2 N–H and O–H groups in total. The van der Waals surface area contributed by atoms with Crippen LogP contribution in [0.4, 0.5) is 0 Å². The molecule has 0 unspecified atom stereocenters. The monoisotopic (exact) mass is 814 g/mol. The molecule has 0 saturated carbocycles. The summed E-state index contributed by atoms with van der Waals surface area (Å²) < 4.78 is 1.59. The second-order valence-electron chi connectivity index (χ2n) is 15.5. The third-order valence-corrected chi connectivity index (χ3v) is 10.4. The summed E-state index contributed by atoms with van der Waals surface area (Å²) in [5.74, 6) is 0. The molecule has 1 aliphatic rings. The zero-order valence-electron chi connectivity index (χ0n) is 36.1. The van der Waals surface area contributed by atoms with Crippen molar-refractivity contribution in [2.45, 2.75) is 157 Å². The van der Waals surface area contributed by atoms with Crippen LogP contribution in [0.1, 0.15) is 162 Å². The van der Waals surface area contributed by atoms with Crippen molar-refractivity contribution in [3.63, 3.8) is 0 Å². The van der Waals surface area contributed by atoms with Gasteiger partial charge >= 0.3 is 0 Å². The van der Waals surface area contributed by atoms with Crippen molar-refractivity contribution in [1.82, 2.24) is 0 Å². The minimum Gasteiger partial charge on any atom is -0.493 e. The fourth-order valence-corrected chi connectivity index (χ4v) is 7.45. The van der Waals surface area contributed by atoms with Crippen molar-refractivity contribution >= 4 is 11.4 Å². The molecule has 0 aliphatic carbocycles. The average Bonchev–Trinajstić information content (AvgIpc) is 3.50. The number of rotatable bonds is 20. The fraction of sp³-hybridized carbons (Fsp3) is 0.462. The summed E-state index contributed by atoms with van der Waals surface area (Å²) in [6, 6.07) is 33.0. The Morgan fingerprint density at radius 1 is 0.439 bits per heavy atom. The summed E-state index contributed by atoms with van der Waals surface area (Å²) in [5.41, 5.74) is 26.5. The molecule has 1 aliphatic heterocycles. The predicted octanol–water partition coefficient (Wildman–Crippen LogP) is 14.5. The molecule has 4 aromatic carbocycles. The number of hydrogen-bond acceptors (Lipinski definition) is 2. The van der Waals surface area contributed by atoms with E-state index in [1.54, 1.807) is 4.70 Å². The van der Waals surface area contributed by atoms with Crippen LogP contribution in [0, 0.1) is 13.8 Å². The maximum Gasteiger partial charge on any atom is 0.211 e. The van der Waals surface area contributed by atoms with Gasteiger partial charge in [0.15, 0.2) is 0 Å². The summed E-state index contributed by atoms with van der Waals surface area (Å²) in [7, 11) is 0. The topological polar surface area (TPSA) is 65.8 Å². The van der Waals surface area contributed by atoms with E-state index in [1.165, 1.54) is 103 Å². The Hall–Kier alpha value is -3.63. The number of benzene rings is 4. The van der Waals surface area contributed by atoms with Gasteiger partial charge in [0.1, 0.15) is 0 Å². The van der Waals surface area contributed by atoms with E-state index in [4.69, 9.17) is 10.2 Å². The first-order chi connectivity index (χ1) is 27.3. The number of aryl methyl sites for hydroxylation is 4. The average molecular weight is 816 g/mol. The van der Waals surface area contributed by atoms with E-state index in [0.29, 0.717) is 0 Å². The smallest absolute Gasteiger partial charge is 0.211 e. The van der Waals surface area contributed by atoms with E-state index in [0.717, 1.165) is 66.6 Å². The van der Waals surface area contributed by atoms with Crippen LogP contribution in [0.5, 0.6) is 0 Å². The Balaban J connectivity index is 0.000000541. The predicted molar refractivity (Wildman–Crippen MR) is 239 cm³/mol. The van der Waals surface area contributed by atoms with E-state index in [-0.39, 0.29) is 29.7 Å². The van der Waals surface area contributed by atoms with Gasteiger partial charge in [0, 0.05) is 38.8 Å². The Kier molecular flexibility index (Phi) is 25.0. The van der Waals surface area contributed by atoms with Crippen LogP contribution in [-0.4, -0.2) is 14.9 Å². The van der Waals surface area contributed by atoms with E-state index >= 15 is 0 Å². The van der Waals surface area contributed by atoms with Crippen molar-refractivity contribution < 1.29 is 31.4 Å². The zero-order valence-corrected chi connectivity index (χ0v) is 37.1. The summed E-state index contributed by atoms with van der Waals surface area (Å²) in [5, 5.41) is 17.1. The molecule has 0 aromatic heterocycles. The number of aliphatic hydroxyl groups excluding tert-OH is 2. The Bertz CT molecular complexity index is 1710. The van der Waals surface area contributed by atoms with Gasteiger partial charge in [-0.15, -0.1) is 0 Å². The largest absolute Gasteiger partial charge is 0.493 e. The molecule has 0 radical (unpaired) electrons. The van der Waals surface area contributed by atoms with Crippen LogP contribution in [0.3, 0.4) is 0 Å². The summed E-state index contributed by atoms with van der Waals surface area (Å²) in [6.07, 6.45) is 19.1. The molecule has 57 heavy (non-hydrogen) atoms. The maximum atomic E-state index is 12.1. The molecule has 4 nitrogen and oxygen atoms in total. The van der Waals surface area contributed by atoms with Gasteiger partial charge in [-0.25, -0.2) is 4.70 Å². The number of aliphatic hydroxyl groups is 2. The molecular weight excluding hydrogens is 743 g/mol. The third kappa shape index (κ3) is 17.0. The molecule has 312 valence electrons. The normalized spacial score (nSPS) is 12.2. The van der Waals surface area contributed by atoms with Gasteiger partial charge in [-0.1, -0.05) is 163 Å². The van der Waals surface area contributed by atoms with Gasteiger partial charge in [0.2, 0.25) is 11.4 Å². The van der Waals surface area contributed by atoms with E-state index < -0.39 is 0 Å². The molecule has 5 rings (SSSR count). The molecule has 0 atom stereocenters. The van der Waals surface area contributed by atoms with Gasteiger partial charge in [-0.2, -0.15) is 0 Å². The summed E-state index contributed by atoms with van der Waals surface area (Å²) >= 11 is 0. The van der Waals surface area contributed by atoms with Gasteiger partial charge < -0.3 is 15.7 Å². The number of allylic oxidation sites excluding steroid dienone is 2. The number of hydrogen-bond donors (Lipinski definition) is 2. The minimum absolute atomic E-state index is 0. The molecule has 1 heterocycles. The van der Waals surface area contributed by atoms with Crippen molar-refractivity contribution in [2.75, 3.05) is 0 Å². The molecule has 0 amide bonds.